The molecule has 3 heteroatoms. The minimum Gasteiger partial charge on any atom is -0.393 e. The van der Waals surface area contributed by atoms with Crippen LogP contribution < -0.4 is 5.32 Å². The van der Waals surface area contributed by atoms with Crippen LogP contribution in [-0.4, -0.2) is 35.5 Å². The first-order valence-electron chi connectivity index (χ1n) is 3.31. The van der Waals surface area contributed by atoms with Gasteiger partial charge < -0.3 is 15.5 Å². The molecule has 0 aromatic rings. The zero-order chi connectivity index (χ0) is 6.74. The first-order chi connectivity index (χ1) is 4.27. The van der Waals surface area contributed by atoms with Crippen LogP contribution >= 0.6 is 0 Å². The van der Waals surface area contributed by atoms with Gasteiger partial charge in [-0.05, 0) is 25.9 Å². The Bertz CT molecular complexity index is 89.1. The van der Waals surface area contributed by atoms with Crippen LogP contribution in [0.1, 0.15) is 12.8 Å². The molecule has 0 bridgehead atoms. The smallest absolute Gasteiger partial charge is 0.0901 e. The van der Waals surface area contributed by atoms with Crippen LogP contribution in [0.3, 0.4) is 0 Å². The van der Waals surface area contributed by atoms with E-state index in [0.717, 1.165) is 13.1 Å². The van der Waals surface area contributed by atoms with Gasteiger partial charge in [0.05, 0.1) is 12.2 Å². The standard InChI is InChI=1S/C6H13NO2/c8-5-6(9)1-3-7-4-2-6/h7-9H,1-5H2. The summed E-state index contributed by atoms with van der Waals surface area (Å²) in [6.45, 7) is 1.53. The fraction of sp³-hybridized carbons (Fsp3) is 1.00. The molecule has 3 N–H and O–H groups in total. The molecule has 1 saturated heterocycles. The summed E-state index contributed by atoms with van der Waals surface area (Å²) >= 11 is 0. The monoisotopic (exact) mass is 131 g/mol. The zero-order valence-electron chi connectivity index (χ0n) is 5.43. The van der Waals surface area contributed by atoms with Crippen molar-refractivity contribution in [2.45, 2.75) is 18.4 Å². The second-order valence-corrected chi connectivity index (χ2v) is 2.63. The molecule has 1 aliphatic heterocycles. The van der Waals surface area contributed by atoms with Crippen molar-refractivity contribution in [2.75, 3.05) is 19.7 Å². The number of rotatable bonds is 1. The van der Waals surface area contributed by atoms with E-state index in [-0.39, 0.29) is 6.61 Å². The third-order valence-corrected chi connectivity index (χ3v) is 1.83. The normalized spacial score (nSPS) is 26.0. The van der Waals surface area contributed by atoms with E-state index in [9.17, 15) is 5.11 Å². The number of piperidine rings is 1. The summed E-state index contributed by atoms with van der Waals surface area (Å²) in [5, 5.41) is 21.2. The lowest BCUT2D eigenvalue weighted by atomic mass is 9.94. The maximum atomic E-state index is 9.39. The summed E-state index contributed by atoms with van der Waals surface area (Å²) in [4.78, 5) is 0. The van der Waals surface area contributed by atoms with E-state index in [2.05, 4.69) is 5.32 Å². The minimum absolute atomic E-state index is 0.103. The first kappa shape index (κ1) is 6.99. The van der Waals surface area contributed by atoms with Gasteiger partial charge in [0.25, 0.3) is 0 Å². The summed E-state index contributed by atoms with van der Waals surface area (Å²) in [6.07, 6.45) is 1.34. The van der Waals surface area contributed by atoms with Crippen LogP contribution in [0.2, 0.25) is 0 Å². The molecular weight excluding hydrogens is 118 g/mol. The summed E-state index contributed by atoms with van der Waals surface area (Å²) in [5.74, 6) is 0. The van der Waals surface area contributed by atoms with Crippen LogP contribution in [0.5, 0.6) is 0 Å². The number of aliphatic hydroxyl groups excluding tert-OH is 1. The van der Waals surface area contributed by atoms with Crippen molar-refractivity contribution >= 4 is 0 Å². The van der Waals surface area contributed by atoms with Gasteiger partial charge in [0, 0.05) is 0 Å². The highest BCUT2D eigenvalue weighted by molar-refractivity contribution is 4.82. The second-order valence-electron chi connectivity index (χ2n) is 2.63. The van der Waals surface area contributed by atoms with E-state index >= 15 is 0 Å². The van der Waals surface area contributed by atoms with Crippen molar-refractivity contribution in [1.82, 2.24) is 5.32 Å². The van der Waals surface area contributed by atoms with Crippen LogP contribution in [0.25, 0.3) is 0 Å². The van der Waals surface area contributed by atoms with Gasteiger partial charge in [0.2, 0.25) is 0 Å². The molecule has 0 aliphatic carbocycles. The average molecular weight is 131 g/mol. The Morgan fingerprint density at radius 2 is 1.89 bits per heavy atom. The van der Waals surface area contributed by atoms with Crippen molar-refractivity contribution in [3.63, 3.8) is 0 Å². The van der Waals surface area contributed by atoms with E-state index in [0.29, 0.717) is 12.8 Å². The Kier molecular flexibility index (Phi) is 2.05. The summed E-state index contributed by atoms with van der Waals surface area (Å²) in [6, 6.07) is 0. The second kappa shape index (κ2) is 2.64. The fourth-order valence-corrected chi connectivity index (χ4v) is 1.05. The van der Waals surface area contributed by atoms with E-state index in [1.165, 1.54) is 0 Å². The van der Waals surface area contributed by atoms with E-state index < -0.39 is 5.60 Å². The molecule has 1 heterocycles. The summed E-state index contributed by atoms with van der Waals surface area (Å²) < 4.78 is 0. The van der Waals surface area contributed by atoms with Gasteiger partial charge in [-0.3, -0.25) is 0 Å². The lowest BCUT2D eigenvalue weighted by molar-refractivity contribution is -0.0368. The van der Waals surface area contributed by atoms with Crippen molar-refractivity contribution in [2.24, 2.45) is 0 Å². The molecule has 0 radical (unpaired) electrons. The molecule has 9 heavy (non-hydrogen) atoms. The molecule has 1 rings (SSSR count). The van der Waals surface area contributed by atoms with Gasteiger partial charge in [-0.2, -0.15) is 0 Å². The lowest BCUT2D eigenvalue weighted by Crippen LogP contribution is -2.44. The van der Waals surface area contributed by atoms with Gasteiger partial charge in [0.15, 0.2) is 0 Å². The SMILES string of the molecule is OCC1(O)CCNCC1. The van der Waals surface area contributed by atoms with Crippen LogP contribution in [0.4, 0.5) is 0 Å². The van der Waals surface area contributed by atoms with Crippen molar-refractivity contribution in [1.29, 1.82) is 0 Å². The number of hydrogen-bond donors (Lipinski definition) is 3. The Balaban J connectivity index is 2.37. The Morgan fingerprint density at radius 1 is 1.33 bits per heavy atom. The highest BCUT2D eigenvalue weighted by Crippen LogP contribution is 2.15. The third-order valence-electron chi connectivity index (χ3n) is 1.83. The molecule has 0 spiro atoms. The average Bonchev–Trinajstić information content (AvgIpc) is 1.90. The maximum Gasteiger partial charge on any atom is 0.0901 e. The molecule has 0 saturated carbocycles. The van der Waals surface area contributed by atoms with Gasteiger partial charge in [-0.25, -0.2) is 0 Å². The van der Waals surface area contributed by atoms with E-state index in [4.69, 9.17) is 5.11 Å². The van der Waals surface area contributed by atoms with Crippen LogP contribution in [-0.2, 0) is 0 Å². The van der Waals surface area contributed by atoms with Gasteiger partial charge in [-0.1, -0.05) is 0 Å². The molecular formula is C6H13NO2. The fourth-order valence-electron chi connectivity index (χ4n) is 1.05. The molecule has 3 nitrogen and oxygen atoms in total. The molecule has 0 aromatic carbocycles. The first-order valence-corrected chi connectivity index (χ1v) is 3.31. The predicted molar refractivity (Wildman–Crippen MR) is 34.1 cm³/mol. The molecule has 0 unspecified atom stereocenters. The van der Waals surface area contributed by atoms with Crippen molar-refractivity contribution < 1.29 is 10.2 Å². The largest absolute Gasteiger partial charge is 0.393 e. The molecule has 54 valence electrons. The summed E-state index contributed by atoms with van der Waals surface area (Å²) in [7, 11) is 0. The highest BCUT2D eigenvalue weighted by Gasteiger charge is 2.27. The Labute approximate surface area is 54.7 Å². The van der Waals surface area contributed by atoms with Gasteiger partial charge in [-0.15, -0.1) is 0 Å². The topological polar surface area (TPSA) is 52.5 Å². The highest BCUT2D eigenvalue weighted by atomic mass is 16.3. The van der Waals surface area contributed by atoms with Crippen LogP contribution in [0, 0.1) is 0 Å². The molecule has 1 fully saturated rings. The Hall–Kier alpha value is -0.120. The number of aliphatic hydroxyl groups is 2. The molecule has 1 aliphatic rings. The molecule has 0 amide bonds. The molecule has 0 aromatic heterocycles. The quantitative estimate of drug-likeness (QED) is 0.432. The van der Waals surface area contributed by atoms with E-state index in [1.54, 1.807) is 0 Å². The minimum atomic E-state index is -0.786. The van der Waals surface area contributed by atoms with Gasteiger partial charge >= 0.3 is 0 Å². The zero-order valence-corrected chi connectivity index (χ0v) is 5.43. The van der Waals surface area contributed by atoms with Crippen LogP contribution in [0.15, 0.2) is 0 Å². The van der Waals surface area contributed by atoms with Crippen molar-refractivity contribution in [3.05, 3.63) is 0 Å². The van der Waals surface area contributed by atoms with E-state index in [1.807, 2.05) is 0 Å². The van der Waals surface area contributed by atoms with Gasteiger partial charge in [0.1, 0.15) is 0 Å². The summed E-state index contributed by atoms with van der Waals surface area (Å²) in [5.41, 5.74) is -0.786. The maximum absolute atomic E-state index is 9.39. The third kappa shape index (κ3) is 1.64. The Morgan fingerprint density at radius 3 is 2.22 bits per heavy atom. The number of hydrogen-bond acceptors (Lipinski definition) is 3. The lowest BCUT2D eigenvalue weighted by Gasteiger charge is -2.30. The number of nitrogens with one attached hydrogen (secondary N) is 1. The van der Waals surface area contributed by atoms with Crippen molar-refractivity contribution in [3.8, 4) is 0 Å². The predicted octanol–water partition coefficient (Wildman–Crippen LogP) is -0.907. The molecule has 0 atom stereocenters.